The van der Waals surface area contributed by atoms with Crippen molar-refractivity contribution >= 4 is 23.3 Å². The first kappa shape index (κ1) is 16.3. The number of nitro benzene ring substituents is 1. The van der Waals surface area contributed by atoms with Crippen LogP contribution in [-0.2, 0) is 22.4 Å². The highest BCUT2D eigenvalue weighted by Crippen LogP contribution is 2.36. The number of hydrogen-bond acceptors (Lipinski definition) is 5. The molecular weight excluding hydrogens is 336 g/mol. The molecule has 2 aliphatic rings. The van der Waals surface area contributed by atoms with Gasteiger partial charge in [-0.1, -0.05) is 24.3 Å². The molecule has 7 heteroatoms. The van der Waals surface area contributed by atoms with E-state index in [0.717, 1.165) is 11.1 Å². The van der Waals surface area contributed by atoms with Crippen molar-refractivity contribution < 1.29 is 19.2 Å². The van der Waals surface area contributed by atoms with Crippen molar-refractivity contribution in [2.24, 2.45) is 0 Å². The molecule has 132 valence electrons. The van der Waals surface area contributed by atoms with Crippen molar-refractivity contribution in [3.8, 4) is 0 Å². The Morgan fingerprint density at radius 1 is 1.23 bits per heavy atom. The van der Waals surface area contributed by atoms with Gasteiger partial charge in [0.05, 0.1) is 16.2 Å². The molecule has 0 N–H and O–H groups in total. The van der Waals surface area contributed by atoms with Gasteiger partial charge in [-0.15, -0.1) is 0 Å². The molecule has 1 amide bonds. The Hall–Kier alpha value is -3.22. The Balaban J connectivity index is 1.69. The molecule has 26 heavy (non-hydrogen) atoms. The SMILES string of the molecule is CC1(C(=O)N2CCc3ccc([N+](=O)[O-])cc32)Cc2ccccc2C(=O)O1. The Labute approximate surface area is 149 Å². The molecule has 0 saturated carbocycles. The van der Waals surface area contributed by atoms with Crippen molar-refractivity contribution in [1.29, 1.82) is 0 Å². The monoisotopic (exact) mass is 352 g/mol. The number of fused-ring (bicyclic) bond motifs is 2. The summed E-state index contributed by atoms with van der Waals surface area (Å²) in [7, 11) is 0. The fourth-order valence-corrected chi connectivity index (χ4v) is 3.63. The summed E-state index contributed by atoms with van der Waals surface area (Å²) in [4.78, 5) is 37.6. The molecule has 1 unspecified atom stereocenters. The van der Waals surface area contributed by atoms with Gasteiger partial charge in [-0.2, -0.15) is 0 Å². The van der Waals surface area contributed by atoms with E-state index in [-0.39, 0.29) is 18.0 Å². The minimum absolute atomic E-state index is 0.0698. The van der Waals surface area contributed by atoms with Gasteiger partial charge in [0, 0.05) is 25.1 Å². The van der Waals surface area contributed by atoms with Gasteiger partial charge < -0.3 is 9.64 Å². The number of hydrogen-bond donors (Lipinski definition) is 0. The third-order valence-electron chi connectivity index (χ3n) is 4.96. The predicted molar refractivity (Wildman–Crippen MR) is 93.1 cm³/mol. The van der Waals surface area contributed by atoms with E-state index in [2.05, 4.69) is 0 Å². The van der Waals surface area contributed by atoms with Crippen molar-refractivity contribution in [2.75, 3.05) is 11.4 Å². The summed E-state index contributed by atoms with van der Waals surface area (Å²) >= 11 is 0. The van der Waals surface area contributed by atoms with E-state index in [9.17, 15) is 19.7 Å². The molecule has 0 fully saturated rings. The second kappa shape index (κ2) is 5.66. The van der Waals surface area contributed by atoms with E-state index < -0.39 is 16.5 Å². The number of anilines is 1. The van der Waals surface area contributed by atoms with Crippen molar-refractivity contribution in [1.82, 2.24) is 0 Å². The Kier molecular flexibility index (Phi) is 3.54. The highest BCUT2D eigenvalue weighted by molar-refractivity contribution is 6.05. The van der Waals surface area contributed by atoms with Crippen LogP contribution in [0.4, 0.5) is 11.4 Å². The largest absolute Gasteiger partial charge is 0.445 e. The van der Waals surface area contributed by atoms with Crippen LogP contribution in [0.25, 0.3) is 0 Å². The van der Waals surface area contributed by atoms with Gasteiger partial charge in [-0.25, -0.2) is 4.79 Å². The second-order valence-electron chi connectivity index (χ2n) is 6.73. The summed E-state index contributed by atoms with van der Waals surface area (Å²) in [6.45, 7) is 2.00. The van der Waals surface area contributed by atoms with Gasteiger partial charge in [0.25, 0.3) is 11.6 Å². The van der Waals surface area contributed by atoms with Crippen LogP contribution in [0.1, 0.15) is 28.4 Å². The maximum Gasteiger partial charge on any atom is 0.339 e. The zero-order chi connectivity index (χ0) is 18.5. The zero-order valence-corrected chi connectivity index (χ0v) is 14.1. The number of rotatable bonds is 2. The lowest BCUT2D eigenvalue weighted by atomic mass is 9.89. The number of amides is 1. The number of nitrogens with zero attached hydrogens (tertiary/aromatic N) is 2. The van der Waals surface area contributed by atoms with Crippen LogP contribution < -0.4 is 4.90 Å². The minimum Gasteiger partial charge on any atom is -0.445 e. The van der Waals surface area contributed by atoms with Crippen LogP contribution in [0.15, 0.2) is 42.5 Å². The van der Waals surface area contributed by atoms with Crippen LogP contribution in [-0.4, -0.2) is 28.9 Å². The van der Waals surface area contributed by atoms with E-state index in [1.54, 1.807) is 25.1 Å². The summed E-state index contributed by atoms with van der Waals surface area (Å²) in [5, 5.41) is 11.1. The fraction of sp³-hybridized carbons (Fsp3) is 0.263. The minimum atomic E-state index is -1.34. The number of nitro groups is 1. The van der Waals surface area contributed by atoms with E-state index >= 15 is 0 Å². The van der Waals surface area contributed by atoms with E-state index in [1.165, 1.54) is 17.0 Å². The average Bonchev–Trinajstić information content (AvgIpc) is 3.03. The van der Waals surface area contributed by atoms with Crippen LogP contribution >= 0.6 is 0 Å². The van der Waals surface area contributed by atoms with Crippen LogP contribution in [0.3, 0.4) is 0 Å². The lowest BCUT2D eigenvalue weighted by Gasteiger charge is -2.36. The maximum absolute atomic E-state index is 13.2. The maximum atomic E-state index is 13.2. The molecule has 7 nitrogen and oxygen atoms in total. The van der Waals surface area contributed by atoms with Crippen LogP contribution in [0.5, 0.6) is 0 Å². The van der Waals surface area contributed by atoms with Gasteiger partial charge >= 0.3 is 5.97 Å². The first-order valence-electron chi connectivity index (χ1n) is 8.29. The van der Waals surface area contributed by atoms with Crippen LogP contribution in [0, 0.1) is 10.1 Å². The molecule has 0 radical (unpaired) electrons. The van der Waals surface area contributed by atoms with Gasteiger partial charge in [0.1, 0.15) is 0 Å². The summed E-state index contributed by atoms with van der Waals surface area (Å²) in [6.07, 6.45) is 0.883. The summed E-state index contributed by atoms with van der Waals surface area (Å²) < 4.78 is 5.50. The molecule has 0 saturated heterocycles. The van der Waals surface area contributed by atoms with Crippen LogP contribution in [0.2, 0.25) is 0 Å². The molecule has 2 aromatic carbocycles. The third-order valence-corrected chi connectivity index (χ3v) is 4.96. The topological polar surface area (TPSA) is 89.8 Å². The number of benzene rings is 2. The normalized spacial score (nSPS) is 21.0. The quantitative estimate of drug-likeness (QED) is 0.471. The molecule has 0 spiro atoms. The fourth-order valence-electron chi connectivity index (χ4n) is 3.63. The van der Waals surface area contributed by atoms with E-state index in [1.807, 2.05) is 12.1 Å². The lowest BCUT2D eigenvalue weighted by molar-refractivity contribution is -0.384. The molecular formula is C19H16N2O5. The van der Waals surface area contributed by atoms with Crippen molar-refractivity contribution in [2.45, 2.75) is 25.4 Å². The van der Waals surface area contributed by atoms with Crippen molar-refractivity contribution in [3.63, 3.8) is 0 Å². The number of non-ortho nitro benzene ring substituents is 1. The van der Waals surface area contributed by atoms with Gasteiger partial charge in [-0.05, 0) is 30.5 Å². The van der Waals surface area contributed by atoms with Crippen molar-refractivity contribution in [3.05, 3.63) is 69.3 Å². The standard InChI is InChI=1S/C19H16N2O5/c1-19(11-13-4-2-3-5-15(13)17(22)26-19)18(23)20-9-8-12-6-7-14(21(24)25)10-16(12)20/h2-7,10H,8-9,11H2,1H3. The summed E-state index contributed by atoms with van der Waals surface area (Å²) in [6, 6.07) is 11.6. The summed E-state index contributed by atoms with van der Waals surface area (Å²) in [5.41, 5.74) is 1.21. The van der Waals surface area contributed by atoms with E-state index in [4.69, 9.17) is 4.74 Å². The Bertz CT molecular complexity index is 955. The molecule has 0 bridgehead atoms. The highest BCUT2D eigenvalue weighted by Gasteiger charge is 2.46. The summed E-state index contributed by atoms with van der Waals surface area (Å²) in [5.74, 6) is -0.888. The highest BCUT2D eigenvalue weighted by atomic mass is 16.6. The molecule has 0 aromatic heterocycles. The molecule has 0 aliphatic carbocycles. The van der Waals surface area contributed by atoms with Gasteiger partial charge in [-0.3, -0.25) is 14.9 Å². The van der Waals surface area contributed by atoms with Gasteiger partial charge in [0.2, 0.25) is 0 Å². The molecule has 2 aliphatic heterocycles. The number of ether oxygens (including phenoxy) is 1. The molecule has 1 atom stereocenters. The Morgan fingerprint density at radius 2 is 2.00 bits per heavy atom. The molecule has 4 rings (SSSR count). The number of carbonyl (C=O) groups is 2. The number of cyclic esters (lactones) is 1. The zero-order valence-electron chi connectivity index (χ0n) is 14.1. The second-order valence-corrected chi connectivity index (χ2v) is 6.73. The molecule has 2 aromatic rings. The first-order valence-corrected chi connectivity index (χ1v) is 8.29. The lowest BCUT2D eigenvalue weighted by Crippen LogP contribution is -2.53. The Morgan fingerprint density at radius 3 is 2.77 bits per heavy atom. The van der Waals surface area contributed by atoms with E-state index in [0.29, 0.717) is 24.2 Å². The van der Waals surface area contributed by atoms with Gasteiger partial charge in [0.15, 0.2) is 5.60 Å². The number of esters is 1. The predicted octanol–water partition coefficient (Wildman–Crippen LogP) is 2.66. The number of carbonyl (C=O) groups excluding carboxylic acids is 2. The smallest absolute Gasteiger partial charge is 0.339 e. The first-order chi connectivity index (χ1) is 12.4. The molecule has 2 heterocycles. The average molecular weight is 352 g/mol. The third kappa shape index (κ3) is 2.44.